The lowest BCUT2D eigenvalue weighted by molar-refractivity contribution is 0.0947. The Kier molecular flexibility index (Phi) is 5.00. The highest BCUT2D eigenvalue weighted by atomic mass is 19.2. The van der Waals surface area contributed by atoms with Gasteiger partial charge in [0.2, 0.25) is 5.82 Å². The number of benzene rings is 1. The van der Waals surface area contributed by atoms with Gasteiger partial charge in [-0.1, -0.05) is 13.3 Å². The van der Waals surface area contributed by atoms with Gasteiger partial charge in [-0.15, -0.1) is 0 Å². The molecule has 0 saturated heterocycles. The van der Waals surface area contributed by atoms with Crippen LogP contribution in [-0.4, -0.2) is 19.6 Å². The molecule has 0 aliphatic rings. The van der Waals surface area contributed by atoms with Crippen LogP contribution in [0.5, 0.6) is 5.75 Å². The van der Waals surface area contributed by atoms with E-state index in [9.17, 15) is 18.0 Å². The molecule has 1 N–H and O–H groups in total. The molecule has 18 heavy (non-hydrogen) atoms. The number of methoxy groups -OCH3 is 1. The molecule has 1 rings (SSSR count). The maximum atomic E-state index is 13.7. The number of nitrogens with one attached hydrogen (secondary N) is 1. The van der Waals surface area contributed by atoms with Gasteiger partial charge in [-0.25, -0.2) is 8.78 Å². The number of hydrogen-bond acceptors (Lipinski definition) is 2. The summed E-state index contributed by atoms with van der Waals surface area (Å²) in [6.07, 6.45) is 1.57. The number of amides is 1. The Hall–Kier alpha value is -1.72. The topological polar surface area (TPSA) is 38.3 Å². The zero-order valence-electron chi connectivity index (χ0n) is 10.1. The van der Waals surface area contributed by atoms with Crippen molar-refractivity contribution in [2.24, 2.45) is 0 Å². The van der Waals surface area contributed by atoms with Crippen molar-refractivity contribution in [2.45, 2.75) is 19.8 Å². The number of ether oxygens (including phenoxy) is 1. The van der Waals surface area contributed by atoms with E-state index in [-0.39, 0.29) is 0 Å². The highest BCUT2D eigenvalue weighted by Crippen LogP contribution is 2.26. The Morgan fingerprint density at radius 2 is 2.00 bits per heavy atom. The summed E-state index contributed by atoms with van der Waals surface area (Å²) in [5, 5.41) is 2.42. The average Bonchev–Trinajstić information content (AvgIpc) is 2.34. The summed E-state index contributed by atoms with van der Waals surface area (Å²) in [5.74, 6) is -5.66. The van der Waals surface area contributed by atoms with Crippen LogP contribution in [0.1, 0.15) is 30.1 Å². The second-order valence-electron chi connectivity index (χ2n) is 3.68. The predicted molar refractivity (Wildman–Crippen MR) is 60.1 cm³/mol. The van der Waals surface area contributed by atoms with Crippen molar-refractivity contribution in [3.8, 4) is 5.75 Å². The van der Waals surface area contributed by atoms with Crippen LogP contribution >= 0.6 is 0 Å². The normalized spacial score (nSPS) is 10.3. The smallest absolute Gasteiger partial charge is 0.254 e. The lowest BCUT2D eigenvalue weighted by Gasteiger charge is -2.09. The maximum absolute atomic E-state index is 13.7. The van der Waals surface area contributed by atoms with Crippen LogP contribution in [0.15, 0.2) is 6.07 Å². The van der Waals surface area contributed by atoms with Gasteiger partial charge in [0.15, 0.2) is 17.4 Å². The molecule has 3 nitrogen and oxygen atoms in total. The van der Waals surface area contributed by atoms with Crippen LogP contribution in [0.25, 0.3) is 0 Å². The first-order valence-electron chi connectivity index (χ1n) is 5.52. The molecule has 1 aromatic rings. The lowest BCUT2D eigenvalue weighted by atomic mass is 10.1. The molecule has 0 aromatic heterocycles. The molecule has 0 heterocycles. The Bertz CT molecular complexity index is 449. The van der Waals surface area contributed by atoms with Crippen LogP contribution in [0, 0.1) is 17.5 Å². The van der Waals surface area contributed by atoms with Crippen molar-refractivity contribution in [3.63, 3.8) is 0 Å². The van der Waals surface area contributed by atoms with Gasteiger partial charge in [0.1, 0.15) is 0 Å². The molecule has 0 radical (unpaired) electrons. The first kappa shape index (κ1) is 14.3. The molecule has 0 bridgehead atoms. The van der Waals surface area contributed by atoms with Gasteiger partial charge in [0.25, 0.3) is 5.91 Å². The van der Waals surface area contributed by atoms with Gasteiger partial charge >= 0.3 is 0 Å². The van der Waals surface area contributed by atoms with E-state index >= 15 is 0 Å². The maximum Gasteiger partial charge on any atom is 0.254 e. The van der Waals surface area contributed by atoms with Gasteiger partial charge in [-0.2, -0.15) is 4.39 Å². The molecule has 0 spiro atoms. The molecule has 0 atom stereocenters. The molecule has 0 unspecified atom stereocenters. The highest BCUT2D eigenvalue weighted by Gasteiger charge is 2.23. The number of carbonyl (C=O) groups excluding carboxylic acids is 1. The number of carbonyl (C=O) groups is 1. The second-order valence-corrected chi connectivity index (χ2v) is 3.68. The quantitative estimate of drug-likeness (QED) is 0.653. The van der Waals surface area contributed by atoms with E-state index in [0.717, 1.165) is 13.5 Å². The number of halogens is 3. The number of unbranched alkanes of at least 4 members (excludes halogenated alkanes) is 1. The molecule has 0 saturated carbocycles. The molecular formula is C12H14F3NO2. The fourth-order valence-corrected chi connectivity index (χ4v) is 1.40. The predicted octanol–water partition coefficient (Wildman–Crippen LogP) is 2.64. The third-order valence-electron chi connectivity index (χ3n) is 2.38. The summed E-state index contributed by atoms with van der Waals surface area (Å²) >= 11 is 0. The van der Waals surface area contributed by atoms with Crippen molar-refractivity contribution in [2.75, 3.05) is 13.7 Å². The van der Waals surface area contributed by atoms with Gasteiger partial charge in [-0.3, -0.25) is 4.79 Å². The standard InChI is InChI=1S/C12H14F3NO2/c1-3-4-5-16-12(17)7-6-8(13)10(15)11(18-2)9(7)14/h6H,3-5H2,1-2H3,(H,16,17). The summed E-state index contributed by atoms with van der Waals surface area (Å²) in [4.78, 5) is 11.6. The van der Waals surface area contributed by atoms with E-state index in [2.05, 4.69) is 10.1 Å². The van der Waals surface area contributed by atoms with Gasteiger partial charge in [0.05, 0.1) is 12.7 Å². The minimum Gasteiger partial charge on any atom is -0.491 e. The van der Waals surface area contributed by atoms with Crippen LogP contribution in [-0.2, 0) is 0 Å². The first-order chi connectivity index (χ1) is 8.52. The van der Waals surface area contributed by atoms with E-state index in [1.807, 2.05) is 6.92 Å². The van der Waals surface area contributed by atoms with Crippen molar-refractivity contribution in [3.05, 3.63) is 29.1 Å². The Morgan fingerprint density at radius 3 is 2.56 bits per heavy atom. The highest BCUT2D eigenvalue weighted by molar-refractivity contribution is 5.95. The minimum absolute atomic E-state index is 0.343. The molecule has 0 aliphatic heterocycles. The summed E-state index contributed by atoms with van der Waals surface area (Å²) in [6.45, 7) is 2.27. The Balaban J connectivity index is 3.02. The molecular weight excluding hydrogens is 247 g/mol. The summed E-state index contributed by atoms with van der Waals surface area (Å²) < 4.78 is 44.4. The summed E-state index contributed by atoms with van der Waals surface area (Å²) in [7, 11) is 1.000. The first-order valence-corrected chi connectivity index (χ1v) is 5.52. The molecule has 6 heteroatoms. The fourth-order valence-electron chi connectivity index (χ4n) is 1.40. The molecule has 1 aromatic carbocycles. The van der Waals surface area contributed by atoms with Crippen LogP contribution in [0.3, 0.4) is 0 Å². The van der Waals surface area contributed by atoms with E-state index < -0.39 is 34.7 Å². The average molecular weight is 261 g/mol. The number of rotatable bonds is 5. The molecule has 0 fully saturated rings. The van der Waals surface area contributed by atoms with Crippen LogP contribution < -0.4 is 10.1 Å². The third-order valence-corrected chi connectivity index (χ3v) is 2.38. The van der Waals surface area contributed by atoms with Crippen LogP contribution in [0.4, 0.5) is 13.2 Å². The zero-order valence-corrected chi connectivity index (χ0v) is 10.1. The molecule has 0 aliphatic carbocycles. The number of hydrogen-bond donors (Lipinski definition) is 1. The zero-order chi connectivity index (χ0) is 13.7. The van der Waals surface area contributed by atoms with E-state index in [1.165, 1.54) is 0 Å². The summed E-state index contributed by atoms with van der Waals surface area (Å²) in [6, 6.07) is 0.522. The second kappa shape index (κ2) is 6.28. The van der Waals surface area contributed by atoms with Gasteiger partial charge < -0.3 is 10.1 Å². The van der Waals surface area contributed by atoms with E-state index in [0.29, 0.717) is 19.0 Å². The summed E-state index contributed by atoms with van der Waals surface area (Å²) in [5.41, 5.74) is -0.568. The minimum atomic E-state index is -1.44. The molecule has 1 amide bonds. The van der Waals surface area contributed by atoms with Crippen molar-refractivity contribution in [1.82, 2.24) is 5.32 Å². The SMILES string of the molecule is CCCCNC(=O)c1cc(F)c(F)c(OC)c1F. The molecule has 100 valence electrons. The fraction of sp³-hybridized carbons (Fsp3) is 0.417. The Labute approximate surface area is 103 Å². The van der Waals surface area contributed by atoms with E-state index in [4.69, 9.17) is 0 Å². The monoisotopic (exact) mass is 261 g/mol. The van der Waals surface area contributed by atoms with Crippen molar-refractivity contribution < 1.29 is 22.7 Å². The van der Waals surface area contributed by atoms with Crippen molar-refractivity contribution >= 4 is 5.91 Å². The van der Waals surface area contributed by atoms with Crippen LogP contribution in [0.2, 0.25) is 0 Å². The third kappa shape index (κ3) is 2.94. The van der Waals surface area contributed by atoms with E-state index in [1.54, 1.807) is 0 Å². The largest absolute Gasteiger partial charge is 0.491 e. The van der Waals surface area contributed by atoms with Gasteiger partial charge in [-0.05, 0) is 12.5 Å². The Morgan fingerprint density at radius 1 is 1.33 bits per heavy atom. The van der Waals surface area contributed by atoms with Gasteiger partial charge in [0, 0.05) is 6.54 Å². The van der Waals surface area contributed by atoms with Crippen molar-refractivity contribution in [1.29, 1.82) is 0 Å². The lowest BCUT2D eigenvalue weighted by Crippen LogP contribution is -2.26.